The van der Waals surface area contributed by atoms with Crippen LogP contribution >= 0.6 is 0 Å². The number of aromatic nitrogens is 3. The Morgan fingerprint density at radius 3 is 2.85 bits per heavy atom. The number of hydrogen-bond acceptors (Lipinski definition) is 5. The van der Waals surface area contributed by atoms with Gasteiger partial charge in [0.15, 0.2) is 5.03 Å². The molecule has 2 heterocycles. The lowest BCUT2D eigenvalue weighted by Crippen LogP contribution is -2.27. The third kappa shape index (κ3) is 3.19. The van der Waals surface area contributed by atoms with Crippen LogP contribution in [0.5, 0.6) is 0 Å². The third-order valence-corrected chi connectivity index (χ3v) is 3.94. The second kappa shape index (κ2) is 5.80. The molecule has 0 saturated heterocycles. The Bertz CT molecular complexity index is 696. The predicted octanol–water partition coefficient (Wildman–Crippen LogP) is 0.0239. The average molecular weight is 296 g/mol. The number of hydrogen-bond donors (Lipinski definition) is 3. The number of carboxylic acids is 1. The van der Waals surface area contributed by atoms with Gasteiger partial charge < -0.3 is 5.11 Å². The molecule has 0 aromatic carbocycles. The van der Waals surface area contributed by atoms with Crippen molar-refractivity contribution in [1.29, 1.82) is 0 Å². The molecular formula is C11H12N4O4S. The monoisotopic (exact) mass is 296 g/mol. The zero-order valence-corrected chi connectivity index (χ0v) is 11.1. The minimum atomic E-state index is -3.94. The van der Waals surface area contributed by atoms with Crippen LogP contribution in [-0.2, 0) is 16.4 Å². The molecular weight excluding hydrogens is 284 g/mol. The molecule has 0 amide bonds. The first-order valence-electron chi connectivity index (χ1n) is 5.67. The van der Waals surface area contributed by atoms with Crippen LogP contribution < -0.4 is 4.72 Å². The van der Waals surface area contributed by atoms with Crippen molar-refractivity contribution in [2.75, 3.05) is 6.54 Å². The van der Waals surface area contributed by atoms with E-state index in [0.717, 1.165) is 11.9 Å². The van der Waals surface area contributed by atoms with Crippen LogP contribution in [0.3, 0.4) is 0 Å². The minimum absolute atomic E-state index is 0.109. The van der Waals surface area contributed by atoms with Gasteiger partial charge in [-0.05, 0) is 12.1 Å². The fraction of sp³-hybridized carbons (Fsp3) is 0.182. The van der Waals surface area contributed by atoms with E-state index < -0.39 is 26.6 Å². The Labute approximate surface area is 114 Å². The molecule has 2 rings (SSSR count). The number of rotatable bonds is 6. The summed E-state index contributed by atoms with van der Waals surface area (Å²) >= 11 is 0. The van der Waals surface area contributed by atoms with E-state index in [-0.39, 0.29) is 6.54 Å². The SMILES string of the molecule is O=C(O)c1cn[nH]c1S(=O)(=O)NCCc1ccccn1. The minimum Gasteiger partial charge on any atom is -0.478 e. The lowest BCUT2D eigenvalue weighted by molar-refractivity contribution is 0.0692. The van der Waals surface area contributed by atoms with Crippen LogP contribution in [0.15, 0.2) is 35.6 Å². The van der Waals surface area contributed by atoms with Crippen LogP contribution in [0, 0.1) is 0 Å². The van der Waals surface area contributed by atoms with Crippen molar-refractivity contribution in [2.45, 2.75) is 11.4 Å². The number of carboxylic acid groups (broad SMARTS) is 1. The maximum Gasteiger partial charge on any atom is 0.340 e. The summed E-state index contributed by atoms with van der Waals surface area (Å²) in [5.74, 6) is -1.36. The number of pyridine rings is 1. The highest BCUT2D eigenvalue weighted by Crippen LogP contribution is 2.11. The van der Waals surface area contributed by atoms with Gasteiger partial charge in [-0.2, -0.15) is 5.10 Å². The molecule has 0 saturated carbocycles. The maximum absolute atomic E-state index is 11.9. The molecule has 0 fully saturated rings. The van der Waals surface area contributed by atoms with E-state index in [0.29, 0.717) is 6.42 Å². The van der Waals surface area contributed by atoms with Gasteiger partial charge in [0.25, 0.3) is 10.0 Å². The molecule has 8 nitrogen and oxygen atoms in total. The highest BCUT2D eigenvalue weighted by molar-refractivity contribution is 7.89. The lowest BCUT2D eigenvalue weighted by atomic mass is 10.3. The van der Waals surface area contributed by atoms with Crippen LogP contribution in [-0.4, -0.2) is 41.2 Å². The van der Waals surface area contributed by atoms with Gasteiger partial charge in [0, 0.05) is 24.9 Å². The summed E-state index contributed by atoms with van der Waals surface area (Å²) < 4.78 is 26.2. The molecule has 3 N–H and O–H groups in total. The lowest BCUT2D eigenvalue weighted by Gasteiger charge is -2.05. The molecule has 0 unspecified atom stereocenters. The smallest absolute Gasteiger partial charge is 0.340 e. The molecule has 0 bridgehead atoms. The molecule has 0 radical (unpaired) electrons. The molecule has 0 aliphatic carbocycles. The van der Waals surface area contributed by atoms with E-state index in [1.807, 2.05) is 0 Å². The van der Waals surface area contributed by atoms with Gasteiger partial charge in [0.1, 0.15) is 5.56 Å². The van der Waals surface area contributed by atoms with E-state index in [1.54, 1.807) is 24.4 Å². The molecule has 106 valence electrons. The highest BCUT2D eigenvalue weighted by Gasteiger charge is 2.24. The van der Waals surface area contributed by atoms with Gasteiger partial charge in [-0.15, -0.1) is 0 Å². The Hall–Kier alpha value is -2.26. The van der Waals surface area contributed by atoms with E-state index in [9.17, 15) is 13.2 Å². The van der Waals surface area contributed by atoms with Crippen molar-refractivity contribution in [1.82, 2.24) is 19.9 Å². The Morgan fingerprint density at radius 1 is 1.40 bits per heavy atom. The number of sulfonamides is 1. The third-order valence-electron chi connectivity index (χ3n) is 2.50. The second-order valence-electron chi connectivity index (χ2n) is 3.89. The second-order valence-corrected chi connectivity index (χ2v) is 5.59. The first-order chi connectivity index (χ1) is 9.50. The van der Waals surface area contributed by atoms with Gasteiger partial charge in [-0.3, -0.25) is 10.1 Å². The largest absolute Gasteiger partial charge is 0.478 e. The standard InChI is InChI=1S/C11H12N4O4S/c16-11(17)9-7-13-15-10(9)20(18,19)14-6-4-8-3-1-2-5-12-8/h1-3,5,7,14H,4,6H2,(H,13,15)(H,16,17). The van der Waals surface area contributed by atoms with E-state index in [4.69, 9.17) is 5.11 Å². The summed E-state index contributed by atoms with van der Waals surface area (Å²) in [6, 6.07) is 5.33. The van der Waals surface area contributed by atoms with Gasteiger partial charge in [0.05, 0.1) is 6.20 Å². The fourth-order valence-electron chi connectivity index (χ4n) is 1.56. The molecule has 2 aromatic heterocycles. The van der Waals surface area contributed by atoms with Crippen LogP contribution in [0.4, 0.5) is 0 Å². The summed E-state index contributed by atoms with van der Waals surface area (Å²) in [6.07, 6.45) is 2.97. The van der Waals surface area contributed by atoms with Crippen LogP contribution in [0.1, 0.15) is 16.1 Å². The number of H-pyrrole nitrogens is 1. The molecule has 2 aromatic rings. The summed E-state index contributed by atoms with van der Waals surface area (Å²) in [6.45, 7) is 0.109. The van der Waals surface area contributed by atoms with Crippen molar-refractivity contribution in [3.05, 3.63) is 41.9 Å². The molecule has 9 heteroatoms. The van der Waals surface area contributed by atoms with Crippen molar-refractivity contribution < 1.29 is 18.3 Å². The number of nitrogens with one attached hydrogen (secondary N) is 2. The van der Waals surface area contributed by atoms with Crippen molar-refractivity contribution in [2.24, 2.45) is 0 Å². The van der Waals surface area contributed by atoms with E-state index >= 15 is 0 Å². The van der Waals surface area contributed by atoms with Crippen LogP contribution in [0.2, 0.25) is 0 Å². The number of nitrogens with zero attached hydrogens (tertiary/aromatic N) is 2. The zero-order chi connectivity index (χ0) is 14.6. The summed E-state index contributed by atoms with van der Waals surface area (Å²) in [5.41, 5.74) is 0.341. The maximum atomic E-state index is 11.9. The van der Waals surface area contributed by atoms with Crippen LogP contribution in [0.25, 0.3) is 0 Å². The number of carbonyl (C=O) groups is 1. The quantitative estimate of drug-likeness (QED) is 0.690. The molecule has 0 atom stereocenters. The summed E-state index contributed by atoms with van der Waals surface area (Å²) in [5, 5.41) is 14.0. The first kappa shape index (κ1) is 14.2. The Kier molecular flexibility index (Phi) is 4.11. The molecule has 0 spiro atoms. The summed E-state index contributed by atoms with van der Waals surface area (Å²) in [4.78, 5) is 14.9. The van der Waals surface area contributed by atoms with Crippen molar-refractivity contribution in [3.63, 3.8) is 0 Å². The predicted molar refractivity (Wildman–Crippen MR) is 68.7 cm³/mol. The normalized spacial score (nSPS) is 11.4. The summed E-state index contributed by atoms with van der Waals surface area (Å²) in [7, 11) is -3.94. The molecule has 0 aliphatic rings. The number of aromatic carboxylic acids is 1. The average Bonchev–Trinajstić information content (AvgIpc) is 2.90. The topological polar surface area (TPSA) is 125 Å². The highest BCUT2D eigenvalue weighted by atomic mass is 32.2. The molecule has 0 aliphatic heterocycles. The van der Waals surface area contributed by atoms with Crippen molar-refractivity contribution in [3.8, 4) is 0 Å². The van der Waals surface area contributed by atoms with Gasteiger partial charge >= 0.3 is 5.97 Å². The van der Waals surface area contributed by atoms with Gasteiger partial charge in [-0.25, -0.2) is 17.9 Å². The van der Waals surface area contributed by atoms with Crippen molar-refractivity contribution >= 4 is 16.0 Å². The fourth-order valence-corrected chi connectivity index (χ4v) is 2.68. The Balaban J connectivity index is 2.04. The van der Waals surface area contributed by atoms with E-state index in [2.05, 4.69) is 19.9 Å². The number of aromatic amines is 1. The zero-order valence-electron chi connectivity index (χ0n) is 10.3. The molecule has 20 heavy (non-hydrogen) atoms. The van der Waals surface area contributed by atoms with Gasteiger partial charge in [-0.1, -0.05) is 6.07 Å². The van der Waals surface area contributed by atoms with E-state index in [1.165, 1.54) is 0 Å². The Morgan fingerprint density at radius 2 is 2.20 bits per heavy atom. The van der Waals surface area contributed by atoms with Gasteiger partial charge in [0.2, 0.25) is 0 Å². The first-order valence-corrected chi connectivity index (χ1v) is 7.15.